The molecule has 0 saturated heterocycles. The molecular weight excluding hydrogens is 468 g/mol. The highest BCUT2D eigenvalue weighted by Gasteiger charge is 2.31. The van der Waals surface area contributed by atoms with Crippen LogP contribution in [0.1, 0.15) is 99.5 Å². The lowest BCUT2D eigenvalue weighted by Crippen LogP contribution is -2.29. The Balaban J connectivity index is 1.25. The summed E-state index contributed by atoms with van der Waals surface area (Å²) in [6, 6.07) is 14.3. The maximum absolute atomic E-state index is 13.1. The van der Waals surface area contributed by atoms with Gasteiger partial charge in [-0.15, -0.1) is 0 Å². The zero-order valence-corrected chi connectivity index (χ0v) is 23.8. The fourth-order valence-electron chi connectivity index (χ4n) is 6.52. The van der Waals surface area contributed by atoms with E-state index in [1.54, 1.807) is 0 Å². The van der Waals surface area contributed by atoms with E-state index in [9.17, 15) is 9.59 Å². The molecular formula is C34H46N2O2. The molecule has 0 amide bonds. The molecule has 4 nitrogen and oxygen atoms in total. The molecule has 1 aliphatic carbocycles. The van der Waals surface area contributed by atoms with E-state index in [1.807, 2.05) is 30.5 Å². The molecule has 4 rings (SSSR count). The number of carbonyl (C=O) groups excluding carboxylic acids is 2. The molecule has 1 unspecified atom stereocenters. The van der Waals surface area contributed by atoms with Crippen LogP contribution >= 0.6 is 0 Å². The lowest BCUT2D eigenvalue weighted by molar-refractivity contribution is -0.124. The van der Waals surface area contributed by atoms with Crippen LogP contribution in [-0.2, 0) is 11.2 Å². The zero-order chi connectivity index (χ0) is 26.9. The summed E-state index contributed by atoms with van der Waals surface area (Å²) in [5, 5.41) is 0. The van der Waals surface area contributed by atoms with E-state index in [-0.39, 0.29) is 17.6 Å². The fraction of sp³-hybridized carbons (Fsp3) is 0.559. The molecule has 1 saturated carbocycles. The van der Waals surface area contributed by atoms with Crippen LogP contribution in [0.3, 0.4) is 0 Å². The fourth-order valence-corrected chi connectivity index (χ4v) is 6.52. The number of aryl methyl sites for hydroxylation is 1. The van der Waals surface area contributed by atoms with Gasteiger partial charge in [-0.2, -0.15) is 0 Å². The van der Waals surface area contributed by atoms with Crippen molar-refractivity contribution in [2.75, 3.05) is 18.0 Å². The monoisotopic (exact) mass is 514 g/mol. The second-order valence-corrected chi connectivity index (χ2v) is 11.4. The first-order valence-electron chi connectivity index (χ1n) is 15.0. The molecule has 204 valence electrons. The van der Waals surface area contributed by atoms with Crippen LogP contribution in [0.5, 0.6) is 0 Å². The molecule has 2 aromatic carbocycles. The Hall–Kier alpha value is -2.75. The normalized spacial score (nSPS) is 21.1. The van der Waals surface area contributed by atoms with E-state index in [4.69, 9.17) is 0 Å². The molecule has 1 atom stereocenters. The van der Waals surface area contributed by atoms with E-state index in [0.29, 0.717) is 18.1 Å². The number of rotatable bonds is 12. The predicted molar refractivity (Wildman–Crippen MR) is 159 cm³/mol. The van der Waals surface area contributed by atoms with Gasteiger partial charge in [0.15, 0.2) is 5.78 Å². The maximum atomic E-state index is 13.1. The molecule has 4 heteroatoms. The van der Waals surface area contributed by atoms with Crippen LogP contribution in [-0.4, -0.2) is 30.9 Å². The summed E-state index contributed by atoms with van der Waals surface area (Å²) in [7, 11) is 0. The van der Waals surface area contributed by atoms with Gasteiger partial charge in [0.1, 0.15) is 5.78 Å². The lowest BCUT2D eigenvalue weighted by Gasteiger charge is -2.30. The number of anilines is 1. The minimum atomic E-state index is 0.0170. The Morgan fingerprint density at radius 3 is 2.50 bits per heavy atom. The molecule has 38 heavy (non-hydrogen) atoms. The predicted octanol–water partition coefficient (Wildman–Crippen LogP) is 8.31. The SMILES string of the molecule is CCCCN(CCCC(=O)C1CCC(CC2CC=Nc3ccccc3C2=O)CC1)c1cccc(C)c1CC. The summed E-state index contributed by atoms with van der Waals surface area (Å²) in [6.07, 6.45) is 12.6. The topological polar surface area (TPSA) is 49.7 Å². The van der Waals surface area contributed by atoms with Crippen molar-refractivity contribution in [3.8, 4) is 0 Å². The van der Waals surface area contributed by atoms with Crippen LogP contribution in [0.25, 0.3) is 0 Å². The minimum Gasteiger partial charge on any atom is -0.371 e. The first-order valence-corrected chi connectivity index (χ1v) is 15.0. The van der Waals surface area contributed by atoms with Crippen LogP contribution in [0.4, 0.5) is 11.4 Å². The standard InChI is InChI=1S/C34H46N2O2/c1-4-6-22-36(32-14-9-11-25(3)29(32)5-2)23-10-15-33(37)27-18-16-26(17-19-27)24-28-20-21-35-31-13-8-7-12-30(31)34(28)38/h7-9,11-14,21,26-28H,4-6,10,15-20,22-24H2,1-3H3. The maximum Gasteiger partial charge on any atom is 0.168 e. The van der Waals surface area contributed by atoms with Gasteiger partial charge < -0.3 is 4.90 Å². The summed E-state index contributed by atoms with van der Waals surface area (Å²) < 4.78 is 0. The molecule has 2 aromatic rings. The Labute approximate surface area is 229 Å². The molecule has 0 aromatic heterocycles. The third-order valence-electron chi connectivity index (χ3n) is 8.79. The van der Waals surface area contributed by atoms with Crippen molar-refractivity contribution >= 4 is 29.2 Å². The number of benzene rings is 2. The van der Waals surface area contributed by atoms with E-state index in [1.165, 1.54) is 29.7 Å². The Morgan fingerprint density at radius 1 is 0.974 bits per heavy atom. The van der Waals surface area contributed by atoms with Gasteiger partial charge in [-0.3, -0.25) is 14.6 Å². The van der Waals surface area contributed by atoms with Crippen molar-refractivity contribution in [3.63, 3.8) is 0 Å². The van der Waals surface area contributed by atoms with Crippen LogP contribution in [0.15, 0.2) is 47.5 Å². The minimum absolute atomic E-state index is 0.0170. The summed E-state index contributed by atoms with van der Waals surface area (Å²) >= 11 is 0. The van der Waals surface area contributed by atoms with Crippen molar-refractivity contribution in [2.24, 2.45) is 22.7 Å². The average Bonchev–Trinajstić information content (AvgIpc) is 3.09. The molecule has 0 N–H and O–H groups in total. The van der Waals surface area contributed by atoms with E-state index >= 15 is 0 Å². The van der Waals surface area contributed by atoms with E-state index in [0.717, 1.165) is 75.7 Å². The molecule has 1 fully saturated rings. The quantitative estimate of drug-likeness (QED) is 0.286. The van der Waals surface area contributed by atoms with Crippen molar-refractivity contribution in [1.29, 1.82) is 0 Å². The summed E-state index contributed by atoms with van der Waals surface area (Å²) in [5.41, 5.74) is 5.72. The number of carbonyl (C=O) groups is 2. The summed E-state index contributed by atoms with van der Waals surface area (Å²) in [6.45, 7) is 8.69. The van der Waals surface area contributed by atoms with E-state index < -0.39 is 0 Å². The number of hydrogen-bond donors (Lipinski definition) is 0. The number of ketones is 2. The smallest absolute Gasteiger partial charge is 0.168 e. The third kappa shape index (κ3) is 7.01. The number of nitrogens with zero attached hydrogens (tertiary/aromatic N) is 2. The highest BCUT2D eigenvalue weighted by atomic mass is 16.1. The van der Waals surface area contributed by atoms with Gasteiger partial charge in [-0.05, 0) is 100.0 Å². The van der Waals surface area contributed by atoms with Crippen molar-refractivity contribution in [2.45, 2.75) is 91.4 Å². The number of hydrogen-bond acceptors (Lipinski definition) is 4. The largest absolute Gasteiger partial charge is 0.371 e. The Morgan fingerprint density at radius 2 is 1.74 bits per heavy atom. The summed E-state index contributed by atoms with van der Waals surface area (Å²) in [4.78, 5) is 33.3. The second kappa shape index (κ2) is 13.9. The lowest BCUT2D eigenvalue weighted by atomic mass is 9.74. The zero-order valence-electron chi connectivity index (χ0n) is 23.8. The molecule has 0 spiro atoms. The molecule has 1 heterocycles. The van der Waals surface area contributed by atoms with Gasteiger partial charge in [0.2, 0.25) is 0 Å². The van der Waals surface area contributed by atoms with Gasteiger partial charge in [-0.1, -0.05) is 44.5 Å². The first kappa shape index (κ1) is 28.3. The number of Topliss-reactive ketones (excluding diaryl/α,β-unsaturated/α-hetero) is 2. The highest BCUT2D eigenvalue weighted by Crippen LogP contribution is 2.37. The molecule has 0 radical (unpaired) electrons. The van der Waals surface area contributed by atoms with Crippen LogP contribution in [0.2, 0.25) is 0 Å². The number of unbranched alkanes of at least 4 members (excludes halogenated alkanes) is 1. The van der Waals surface area contributed by atoms with Crippen LogP contribution in [0, 0.1) is 24.7 Å². The molecule has 0 bridgehead atoms. The highest BCUT2D eigenvalue weighted by molar-refractivity contribution is 6.04. The van der Waals surface area contributed by atoms with Crippen molar-refractivity contribution < 1.29 is 9.59 Å². The van der Waals surface area contributed by atoms with Gasteiger partial charge in [0, 0.05) is 48.8 Å². The van der Waals surface area contributed by atoms with Crippen molar-refractivity contribution in [3.05, 3.63) is 59.2 Å². The van der Waals surface area contributed by atoms with Gasteiger partial charge in [0.25, 0.3) is 0 Å². The van der Waals surface area contributed by atoms with Gasteiger partial charge >= 0.3 is 0 Å². The Kier molecular flexibility index (Phi) is 10.3. The molecule has 1 aliphatic heterocycles. The number of aliphatic imine (C=N–C) groups is 1. The average molecular weight is 515 g/mol. The van der Waals surface area contributed by atoms with E-state index in [2.05, 4.69) is 48.9 Å². The van der Waals surface area contributed by atoms with Crippen molar-refractivity contribution in [1.82, 2.24) is 0 Å². The number of fused-ring (bicyclic) bond motifs is 1. The van der Waals surface area contributed by atoms with Crippen LogP contribution < -0.4 is 4.90 Å². The first-order chi connectivity index (χ1) is 18.5. The summed E-state index contributed by atoms with van der Waals surface area (Å²) in [5.74, 6) is 1.44. The Bertz CT molecular complexity index is 1110. The molecule has 2 aliphatic rings. The van der Waals surface area contributed by atoms with Gasteiger partial charge in [-0.25, -0.2) is 0 Å². The third-order valence-corrected chi connectivity index (χ3v) is 8.79. The second-order valence-electron chi connectivity index (χ2n) is 11.4. The van der Waals surface area contributed by atoms with Gasteiger partial charge in [0.05, 0.1) is 5.69 Å². The number of para-hydroxylation sites is 1.